The average Bonchev–Trinajstić information content (AvgIpc) is 2.48. The standard InChI is InChI=1S/C17H26N2O2.ClH/c1-13-7-4-5-8-15(13)16-11-19(14(2)12-21-16)17(20)9-6-10-18-3;/h4-5,7-8,14,16,18H,6,9-12H2,1-3H3;1H. The Labute approximate surface area is 139 Å². The Balaban J connectivity index is 0.00000242. The number of nitrogens with one attached hydrogen (secondary N) is 1. The zero-order chi connectivity index (χ0) is 15.2. The molecule has 1 aliphatic rings. The highest BCUT2D eigenvalue weighted by Gasteiger charge is 2.30. The SMILES string of the molecule is CNCCCC(=O)N1CC(c2ccccc2C)OCC1C.Cl. The molecule has 2 unspecified atom stereocenters. The molecule has 0 bridgehead atoms. The minimum atomic E-state index is -0.00403. The molecule has 1 aromatic carbocycles. The van der Waals surface area contributed by atoms with Gasteiger partial charge in [-0.05, 0) is 45.0 Å². The van der Waals surface area contributed by atoms with E-state index in [1.54, 1.807) is 0 Å². The smallest absolute Gasteiger partial charge is 0.223 e. The first-order valence-electron chi connectivity index (χ1n) is 7.74. The fourth-order valence-corrected chi connectivity index (χ4v) is 2.80. The van der Waals surface area contributed by atoms with E-state index in [9.17, 15) is 4.79 Å². The number of morpholine rings is 1. The monoisotopic (exact) mass is 326 g/mol. The van der Waals surface area contributed by atoms with Crippen LogP contribution in [-0.4, -0.2) is 43.6 Å². The molecule has 4 nitrogen and oxygen atoms in total. The van der Waals surface area contributed by atoms with Crippen LogP contribution in [-0.2, 0) is 9.53 Å². The maximum absolute atomic E-state index is 12.4. The molecule has 1 saturated heterocycles. The molecule has 22 heavy (non-hydrogen) atoms. The quantitative estimate of drug-likeness (QED) is 0.846. The fourth-order valence-electron chi connectivity index (χ4n) is 2.80. The van der Waals surface area contributed by atoms with Gasteiger partial charge in [-0.2, -0.15) is 0 Å². The number of rotatable bonds is 5. The molecular weight excluding hydrogens is 300 g/mol. The van der Waals surface area contributed by atoms with Gasteiger partial charge in [0.05, 0.1) is 19.2 Å². The van der Waals surface area contributed by atoms with Crippen molar-refractivity contribution in [2.75, 3.05) is 26.7 Å². The van der Waals surface area contributed by atoms with Gasteiger partial charge in [0.1, 0.15) is 6.10 Å². The van der Waals surface area contributed by atoms with E-state index < -0.39 is 0 Å². The first-order valence-corrected chi connectivity index (χ1v) is 7.74. The Hall–Kier alpha value is -1.10. The second-order valence-electron chi connectivity index (χ2n) is 5.78. The molecule has 2 atom stereocenters. The van der Waals surface area contributed by atoms with E-state index in [0.717, 1.165) is 13.0 Å². The first-order chi connectivity index (χ1) is 10.1. The van der Waals surface area contributed by atoms with Gasteiger partial charge in [-0.15, -0.1) is 12.4 Å². The first kappa shape index (κ1) is 18.9. The van der Waals surface area contributed by atoms with Crippen molar-refractivity contribution in [3.63, 3.8) is 0 Å². The number of carbonyl (C=O) groups is 1. The molecule has 1 aromatic rings. The fraction of sp³-hybridized carbons (Fsp3) is 0.588. The molecule has 1 aliphatic heterocycles. The van der Waals surface area contributed by atoms with E-state index in [4.69, 9.17) is 4.74 Å². The lowest BCUT2D eigenvalue weighted by Gasteiger charge is -2.38. The van der Waals surface area contributed by atoms with Crippen LogP contribution < -0.4 is 5.32 Å². The summed E-state index contributed by atoms with van der Waals surface area (Å²) in [6, 6.07) is 8.41. The summed E-state index contributed by atoms with van der Waals surface area (Å²) in [6.45, 7) is 6.30. The van der Waals surface area contributed by atoms with Crippen molar-refractivity contribution in [1.29, 1.82) is 0 Å². The Morgan fingerprint density at radius 3 is 2.82 bits per heavy atom. The third-order valence-electron chi connectivity index (χ3n) is 4.11. The van der Waals surface area contributed by atoms with Gasteiger partial charge in [0.25, 0.3) is 0 Å². The third-order valence-corrected chi connectivity index (χ3v) is 4.11. The van der Waals surface area contributed by atoms with E-state index in [1.165, 1.54) is 11.1 Å². The molecule has 0 aromatic heterocycles. The number of hydrogen-bond donors (Lipinski definition) is 1. The Morgan fingerprint density at radius 2 is 2.14 bits per heavy atom. The van der Waals surface area contributed by atoms with Crippen LogP contribution in [0.1, 0.15) is 37.0 Å². The van der Waals surface area contributed by atoms with Gasteiger partial charge >= 0.3 is 0 Å². The van der Waals surface area contributed by atoms with E-state index >= 15 is 0 Å². The van der Waals surface area contributed by atoms with Crippen molar-refractivity contribution < 1.29 is 9.53 Å². The molecule has 124 valence electrons. The number of carbonyl (C=O) groups excluding carboxylic acids is 1. The predicted octanol–water partition coefficient (Wildman–Crippen LogP) is 2.70. The van der Waals surface area contributed by atoms with E-state index in [1.807, 2.05) is 24.1 Å². The van der Waals surface area contributed by atoms with Crippen LogP contribution in [0.15, 0.2) is 24.3 Å². The summed E-state index contributed by atoms with van der Waals surface area (Å²) in [5.41, 5.74) is 2.41. The van der Waals surface area contributed by atoms with Crippen LogP contribution in [0.5, 0.6) is 0 Å². The highest BCUT2D eigenvalue weighted by atomic mass is 35.5. The highest BCUT2D eigenvalue weighted by molar-refractivity contribution is 5.85. The molecule has 0 spiro atoms. The van der Waals surface area contributed by atoms with Gasteiger partial charge in [0.2, 0.25) is 5.91 Å². The van der Waals surface area contributed by atoms with Crippen LogP contribution in [0.3, 0.4) is 0 Å². The van der Waals surface area contributed by atoms with Crippen molar-refractivity contribution in [1.82, 2.24) is 10.2 Å². The topological polar surface area (TPSA) is 41.6 Å². The second-order valence-corrected chi connectivity index (χ2v) is 5.78. The minimum Gasteiger partial charge on any atom is -0.370 e. The zero-order valence-corrected chi connectivity index (χ0v) is 14.5. The lowest BCUT2D eigenvalue weighted by molar-refractivity contribution is -0.144. The van der Waals surface area contributed by atoms with Crippen LogP contribution >= 0.6 is 12.4 Å². The number of aryl methyl sites for hydroxylation is 1. The molecule has 1 amide bonds. The summed E-state index contributed by atoms with van der Waals surface area (Å²) in [7, 11) is 1.91. The van der Waals surface area contributed by atoms with Gasteiger partial charge in [0, 0.05) is 6.42 Å². The van der Waals surface area contributed by atoms with Crippen LogP contribution in [0.25, 0.3) is 0 Å². The summed E-state index contributed by atoms with van der Waals surface area (Å²) in [6.07, 6.45) is 1.48. The van der Waals surface area contributed by atoms with Crippen LogP contribution in [0.2, 0.25) is 0 Å². The van der Waals surface area contributed by atoms with E-state index in [2.05, 4.69) is 31.3 Å². The maximum atomic E-state index is 12.4. The van der Waals surface area contributed by atoms with Crippen molar-refractivity contribution in [3.8, 4) is 0 Å². The average molecular weight is 327 g/mol. The highest BCUT2D eigenvalue weighted by Crippen LogP contribution is 2.27. The Bertz CT molecular complexity index is 481. The van der Waals surface area contributed by atoms with Gasteiger partial charge in [0.15, 0.2) is 0 Å². The summed E-state index contributed by atoms with van der Waals surface area (Å²) in [5, 5.41) is 3.08. The van der Waals surface area contributed by atoms with Crippen molar-refractivity contribution in [2.45, 2.75) is 38.8 Å². The van der Waals surface area contributed by atoms with E-state index in [0.29, 0.717) is 19.6 Å². The molecule has 0 radical (unpaired) electrons. The lowest BCUT2D eigenvalue weighted by atomic mass is 10.0. The van der Waals surface area contributed by atoms with Gasteiger partial charge in [-0.1, -0.05) is 24.3 Å². The zero-order valence-electron chi connectivity index (χ0n) is 13.7. The maximum Gasteiger partial charge on any atom is 0.223 e. The molecule has 2 rings (SSSR count). The van der Waals surface area contributed by atoms with Crippen molar-refractivity contribution in [2.24, 2.45) is 0 Å². The van der Waals surface area contributed by atoms with Gasteiger partial charge in [-0.25, -0.2) is 0 Å². The largest absolute Gasteiger partial charge is 0.370 e. The third kappa shape index (κ3) is 4.70. The molecule has 1 heterocycles. The van der Waals surface area contributed by atoms with Gasteiger partial charge in [-0.3, -0.25) is 4.79 Å². The molecule has 1 fully saturated rings. The number of benzene rings is 1. The minimum absolute atomic E-state index is 0. The molecule has 0 aliphatic carbocycles. The lowest BCUT2D eigenvalue weighted by Crippen LogP contribution is -2.48. The number of amides is 1. The second kappa shape index (κ2) is 9.13. The van der Waals surface area contributed by atoms with E-state index in [-0.39, 0.29) is 30.5 Å². The van der Waals surface area contributed by atoms with Crippen LogP contribution in [0.4, 0.5) is 0 Å². The summed E-state index contributed by atoms with van der Waals surface area (Å²) >= 11 is 0. The number of hydrogen-bond acceptors (Lipinski definition) is 3. The number of ether oxygens (including phenoxy) is 1. The summed E-state index contributed by atoms with van der Waals surface area (Å²) < 4.78 is 5.96. The summed E-state index contributed by atoms with van der Waals surface area (Å²) in [5.74, 6) is 0.236. The molecule has 5 heteroatoms. The van der Waals surface area contributed by atoms with Gasteiger partial charge < -0.3 is 15.0 Å². The summed E-state index contributed by atoms with van der Waals surface area (Å²) in [4.78, 5) is 14.4. The molecule has 1 N–H and O–H groups in total. The normalized spacial score (nSPS) is 21.3. The van der Waals surface area contributed by atoms with Crippen molar-refractivity contribution >= 4 is 18.3 Å². The van der Waals surface area contributed by atoms with Crippen molar-refractivity contribution in [3.05, 3.63) is 35.4 Å². The van der Waals surface area contributed by atoms with Crippen LogP contribution in [0, 0.1) is 6.92 Å². The number of halogens is 1. The molecule has 0 saturated carbocycles. The Kier molecular flexibility index (Phi) is 7.87. The Morgan fingerprint density at radius 1 is 1.41 bits per heavy atom. The predicted molar refractivity (Wildman–Crippen MR) is 91.5 cm³/mol. The molecular formula is C17H27ClN2O2. The number of nitrogens with zero attached hydrogens (tertiary/aromatic N) is 1.